The topological polar surface area (TPSA) is 76.9 Å². The van der Waals surface area contributed by atoms with Crippen molar-refractivity contribution >= 4 is 10.0 Å². The maximum Gasteiger partial charge on any atom is 0.240 e. The highest BCUT2D eigenvalue weighted by atomic mass is 32.2. The first-order chi connectivity index (χ1) is 14.0. The number of benzene rings is 2. The average Bonchev–Trinajstić information content (AvgIpc) is 3.19. The molecule has 146 valence electrons. The van der Waals surface area contributed by atoms with Crippen LogP contribution in [-0.4, -0.2) is 23.0 Å². The highest BCUT2D eigenvalue weighted by Gasteiger charge is 2.14. The predicted molar refractivity (Wildman–Crippen MR) is 112 cm³/mol. The summed E-state index contributed by atoms with van der Waals surface area (Å²) in [6.45, 7) is 2.06. The van der Waals surface area contributed by atoms with Gasteiger partial charge in [-0.25, -0.2) is 23.1 Å². The van der Waals surface area contributed by atoms with Crippen molar-refractivity contribution in [1.82, 2.24) is 19.3 Å². The van der Waals surface area contributed by atoms with Gasteiger partial charge in [-0.05, 0) is 47.9 Å². The van der Waals surface area contributed by atoms with E-state index in [0.29, 0.717) is 5.82 Å². The van der Waals surface area contributed by atoms with Crippen LogP contribution in [0.5, 0.6) is 0 Å². The van der Waals surface area contributed by atoms with Crippen LogP contribution >= 0.6 is 0 Å². The molecule has 0 radical (unpaired) electrons. The number of hydrogen-bond donors (Lipinski definition) is 1. The Balaban J connectivity index is 1.49. The van der Waals surface area contributed by atoms with Crippen molar-refractivity contribution < 1.29 is 8.42 Å². The van der Waals surface area contributed by atoms with Crippen molar-refractivity contribution in [3.8, 4) is 16.9 Å². The highest BCUT2D eigenvalue weighted by molar-refractivity contribution is 7.89. The summed E-state index contributed by atoms with van der Waals surface area (Å²) in [6, 6.07) is 20.3. The second-order valence-electron chi connectivity index (χ2n) is 6.58. The van der Waals surface area contributed by atoms with Crippen LogP contribution in [0, 0.1) is 6.92 Å². The molecular formula is C22H20N4O2S. The standard InChI is InChI=1S/C22H20N4O2S/c1-17-23-13-14-26(17)22-15-18(11-12-24-22)16-25-29(27,28)21-9-7-20(8-10-21)19-5-3-2-4-6-19/h2-15,25H,16H2,1H3. The number of rotatable bonds is 6. The van der Waals surface area contributed by atoms with Crippen LogP contribution in [0.15, 0.2) is 90.2 Å². The van der Waals surface area contributed by atoms with Gasteiger partial charge in [0.15, 0.2) is 0 Å². The summed E-state index contributed by atoms with van der Waals surface area (Å²) in [5.74, 6) is 1.51. The summed E-state index contributed by atoms with van der Waals surface area (Å²) >= 11 is 0. The van der Waals surface area contributed by atoms with Crippen LogP contribution in [0.25, 0.3) is 16.9 Å². The third-order valence-corrected chi connectivity index (χ3v) is 6.04. The van der Waals surface area contributed by atoms with Gasteiger partial charge in [-0.3, -0.25) is 4.57 Å². The van der Waals surface area contributed by atoms with Gasteiger partial charge in [-0.1, -0.05) is 42.5 Å². The minimum atomic E-state index is -3.62. The zero-order chi connectivity index (χ0) is 20.3. The van der Waals surface area contributed by atoms with Gasteiger partial charge in [0, 0.05) is 25.1 Å². The minimum absolute atomic E-state index is 0.173. The molecular weight excluding hydrogens is 384 g/mol. The molecule has 29 heavy (non-hydrogen) atoms. The third kappa shape index (κ3) is 4.26. The molecule has 4 rings (SSSR count). The maximum absolute atomic E-state index is 12.7. The number of nitrogens with zero attached hydrogens (tertiary/aromatic N) is 3. The van der Waals surface area contributed by atoms with Gasteiger partial charge >= 0.3 is 0 Å². The Bertz CT molecular complexity index is 1220. The number of hydrogen-bond acceptors (Lipinski definition) is 4. The number of sulfonamides is 1. The van der Waals surface area contributed by atoms with Gasteiger partial charge in [-0.15, -0.1) is 0 Å². The molecule has 6 nitrogen and oxygen atoms in total. The monoisotopic (exact) mass is 404 g/mol. The summed E-state index contributed by atoms with van der Waals surface area (Å²) in [6.07, 6.45) is 5.18. The van der Waals surface area contributed by atoms with Crippen LogP contribution in [0.3, 0.4) is 0 Å². The second kappa shape index (κ2) is 7.98. The van der Waals surface area contributed by atoms with Crippen molar-refractivity contribution in [2.24, 2.45) is 0 Å². The van der Waals surface area contributed by atoms with E-state index in [9.17, 15) is 8.42 Å². The molecule has 0 aliphatic carbocycles. The molecule has 0 saturated heterocycles. The molecule has 0 unspecified atom stereocenters. The van der Waals surface area contributed by atoms with Crippen LogP contribution in [0.2, 0.25) is 0 Å². The summed E-state index contributed by atoms with van der Waals surface area (Å²) in [4.78, 5) is 8.75. The molecule has 2 aromatic heterocycles. The molecule has 7 heteroatoms. The van der Waals surface area contributed by atoms with Crippen LogP contribution in [0.4, 0.5) is 0 Å². The van der Waals surface area contributed by atoms with Crippen molar-refractivity contribution in [2.75, 3.05) is 0 Å². The molecule has 0 atom stereocenters. The lowest BCUT2D eigenvalue weighted by atomic mass is 10.1. The first-order valence-electron chi connectivity index (χ1n) is 9.13. The number of nitrogens with one attached hydrogen (secondary N) is 1. The van der Waals surface area contributed by atoms with Crippen molar-refractivity contribution in [3.05, 3.63) is 96.7 Å². The SMILES string of the molecule is Cc1nccn1-c1cc(CNS(=O)(=O)c2ccc(-c3ccccc3)cc2)ccn1. The molecule has 2 heterocycles. The molecule has 0 fully saturated rings. The number of pyridine rings is 1. The fourth-order valence-corrected chi connectivity index (χ4v) is 4.06. The number of aromatic nitrogens is 3. The van der Waals surface area contributed by atoms with E-state index >= 15 is 0 Å². The van der Waals surface area contributed by atoms with Crippen LogP contribution in [-0.2, 0) is 16.6 Å². The molecule has 2 aromatic carbocycles. The quantitative estimate of drug-likeness (QED) is 0.531. The largest absolute Gasteiger partial charge is 0.288 e. The normalized spacial score (nSPS) is 11.5. The summed E-state index contributed by atoms with van der Waals surface area (Å²) in [5.41, 5.74) is 2.83. The van der Waals surface area contributed by atoms with E-state index in [4.69, 9.17) is 0 Å². The van der Waals surface area contributed by atoms with Crippen molar-refractivity contribution in [1.29, 1.82) is 0 Å². The van der Waals surface area contributed by atoms with Gasteiger partial charge in [-0.2, -0.15) is 0 Å². The van der Waals surface area contributed by atoms with Crippen molar-refractivity contribution in [3.63, 3.8) is 0 Å². The Labute approximate surface area is 170 Å². The number of aryl methyl sites for hydroxylation is 1. The van der Waals surface area contributed by atoms with Crippen LogP contribution < -0.4 is 4.72 Å². The lowest BCUT2D eigenvalue weighted by Crippen LogP contribution is -2.23. The average molecular weight is 404 g/mol. The lowest BCUT2D eigenvalue weighted by Gasteiger charge is -2.10. The fourth-order valence-electron chi connectivity index (χ4n) is 3.04. The molecule has 0 aliphatic heterocycles. The van der Waals surface area contributed by atoms with E-state index in [1.165, 1.54) is 0 Å². The molecule has 0 aliphatic rings. The highest BCUT2D eigenvalue weighted by Crippen LogP contribution is 2.21. The molecule has 0 saturated carbocycles. The molecule has 1 N–H and O–H groups in total. The van der Waals surface area contributed by atoms with E-state index in [1.54, 1.807) is 30.6 Å². The summed E-state index contributed by atoms with van der Waals surface area (Å²) < 4.78 is 29.9. The Morgan fingerprint density at radius 3 is 2.31 bits per heavy atom. The summed E-state index contributed by atoms with van der Waals surface area (Å²) in [5, 5.41) is 0. The van der Waals surface area contributed by atoms with Gasteiger partial charge in [0.2, 0.25) is 10.0 Å². The Kier molecular flexibility index (Phi) is 5.24. The van der Waals surface area contributed by atoms with Crippen molar-refractivity contribution in [2.45, 2.75) is 18.4 Å². The Hall–Kier alpha value is -3.29. The molecule has 0 amide bonds. The molecule has 0 spiro atoms. The molecule has 0 bridgehead atoms. The van der Waals surface area contributed by atoms with Gasteiger partial charge < -0.3 is 0 Å². The predicted octanol–water partition coefficient (Wildman–Crippen LogP) is 3.72. The lowest BCUT2D eigenvalue weighted by molar-refractivity contribution is 0.581. The first kappa shape index (κ1) is 19.0. The van der Waals surface area contributed by atoms with E-state index in [-0.39, 0.29) is 11.4 Å². The van der Waals surface area contributed by atoms with E-state index in [1.807, 2.05) is 66.2 Å². The first-order valence-corrected chi connectivity index (χ1v) is 10.6. The van der Waals surface area contributed by atoms with E-state index < -0.39 is 10.0 Å². The smallest absolute Gasteiger partial charge is 0.240 e. The zero-order valence-corrected chi connectivity index (χ0v) is 16.7. The van der Waals surface area contributed by atoms with Gasteiger partial charge in [0.25, 0.3) is 0 Å². The Morgan fingerprint density at radius 1 is 0.897 bits per heavy atom. The Morgan fingerprint density at radius 2 is 1.62 bits per heavy atom. The van der Waals surface area contributed by atoms with Gasteiger partial charge in [0.05, 0.1) is 4.90 Å². The van der Waals surface area contributed by atoms with Crippen LogP contribution in [0.1, 0.15) is 11.4 Å². The van der Waals surface area contributed by atoms with E-state index in [2.05, 4.69) is 14.7 Å². The third-order valence-electron chi connectivity index (χ3n) is 4.62. The molecule has 4 aromatic rings. The maximum atomic E-state index is 12.7. The number of imidazole rings is 1. The minimum Gasteiger partial charge on any atom is -0.288 e. The fraction of sp³-hybridized carbons (Fsp3) is 0.0909. The van der Waals surface area contributed by atoms with Gasteiger partial charge in [0.1, 0.15) is 11.6 Å². The van der Waals surface area contributed by atoms with E-state index in [0.717, 1.165) is 22.5 Å². The second-order valence-corrected chi connectivity index (χ2v) is 8.35. The summed E-state index contributed by atoms with van der Waals surface area (Å²) in [7, 11) is -3.62. The zero-order valence-electron chi connectivity index (χ0n) is 15.9.